The lowest BCUT2D eigenvalue weighted by atomic mass is 9.82. The van der Waals surface area contributed by atoms with Gasteiger partial charge in [0.25, 0.3) is 5.91 Å². The molecule has 0 aliphatic carbocycles. The number of nitrogens with zero attached hydrogens (tertiary/aromatic N) is 1. The summed E-state index contributed by atoms with van der Waals surface area (Å²) in [5.74, 6) is 0.681. The number of anilines is 2. The van der Waals surface area contributed by atoms with Crippen LogP contribution < -0.4 is 25.5 Å². The van der Waals surface area contributed by atoms with Crippen LogP contribution in [0.1, 0.15) is 37.3 Å². The molecule has 3 heterocycles. The number of carbonyl (C=O) groups excluding carboxylic acids is 2. The molecule has 2 fully saturated rings. The maximum atomic E-state index is 14.7. The van der Waals surface area contributed by atoms with Gasteiger partial charge >= 0.3 is 0 Å². The first kappa shape index (κ1) is 31.5. The molecule has 5 atom stereocenters. The number of rotatable bonds is 9. The third-order valence-corrected chi connectivity index (χ3v) is 14.7. The summed E-state index contributed by atoms with van der Waals surface area (Å²) in [7, 11) is -0.550. The summed E-state index contributed by atoms with van der Waals surface area (Å²) >= 11 is 0. The van der Waals surface area contributed by atoms with E-state index in [0.717, 1.165) is 47.6 Å². The number of para-hydroxylation sites is 1. The van der Waals surface area contributed by atoms with Gasteiger partial charge < -0.3 is 30.1 Å². The van der Waals surface area contributed by atoms with Crippen molar-refractivity contribution < 1.29 is 24.2 Å². The lowest BCUT2D eigenvalue weighted by Gasteiger charge is -2.37. The Morgan fingerprint density at radius 2 is 1.84 bits per heavy atom. The SMILES string of the molecule is COc1ccc([Si](C)(C)[C@H]2[C@H](CCO)O[C@@]3(C(=O)N(Cc4ccc(NC(=O)C5CCCNC5)cc4)c4ccccc43)[C@@H]2C)cc1. The highest BCUT2D eigenvalue weighted by atomic mass is 28.3. The van der Waals surface area contributed by atoms with E-state index in [1.165, 1.54) is 5.19 Å². The first-order valence-corrected chi connectivity index (χ1v) is 19.2. The van der Waals surface area contributed by atoms with Crippen LogP contribution in [0.3, 0.4) is 0 Å². The first-order valence-electron chi connectivity index (χ1n) is 16.2. The number of aliphatic hydroxyl groups is 1. The van der Waals surface area contributed by atoms with Crippen LogP contribution in [0.5, 0.6) is 5.75 Å². The molecule has 0 saturated carbocycles. The summed E-state index contributed by atoms with van der Waals surface area (Å²) in [6.07, 6.45) is 2.13. The Kier molecular flexibility index (Phi) is 8.89. The molecule has 8 nitrogen and oxygen atoms in total. The average molecular weight is 628 g/mol. The van der Waals surface area contributed by atoms with E-state index in [1.807, 2.05) is 65.6 Å². The van der Waals surface area contributed by atoms with E-state index in [9.17, 15) is 14.7 Å². The number of methoxy groups -OCH3 is 1. The van der Waals surface area contributed by atoms with E-state index >= 15 is 0 Å². The number of fused-ring (bicyclic) bond motifs is 2. The first-order chi connectivity index (χ1) is 21.7. The van der Waals surface area contributed by atoms with Crippen LogP contribution in [-0.2, 0) is 26.5 Å². The normalized spacial score (nSPS) is 26.2. The molecule has 0 radical (unpaired) electrons. The molecule has 6 rings (SSSR count). The van der Waals surface area contributed by atoms with E-state index < -0.39 is 13.7 Å². The molecular formula is C36H45N3O5Si. The minimum absolute atomic E-state index is 0.00322. The Hall–Kier alpha value is -3.50. The van der Waals surface area contributed by atoms with E-state index in [-0.39, 0.29) is 41.9 Å². The number of carbonyl (C=O) groups is 2. The summed E-state index contributed by atoms with van der Waals surface area (Å²) in [6, 6.07) is 24.1. The van der Waals surface area contributed by atoms with Crippen molar-refractivity contribution in [3.05, 3.63) is 83.9 Å². The molecule has 0 bridgehead atoms. The second kappa shape index (κ2) is 12.7. The third kappa shape index (κ3) is 5.60. The Balaban J connectivity index is 1.27. The van der Waals surface area contributed by atoms with Crippen molar-refractivity contribution in [3.8, 4) is 5.75 Å². The van der Waals surface area contributed by atoms with E-state index in [2.05, 4.69) is 42.8 Å². The molecule has 1 spiro atoms. The van der Waals surface area contributed by atoms with Crippen molar-refractivity contribution >= 4 is 36.4 Å². The molecule has 9 heteroatoms. The molecule has 2 amide bonds. The highest BCUT2D eigenvalue weighted by Gasteiger charge is 2.66. The predicted octanol–water partition coefficient (Wildman–Crippen LogP) is 4.78. The fraction of sp³-hybridized carbons (Fsp3) is 0.444. The molecule has 3 aliphatic heterocycles. The third-order valence-electron chi connectivity index (χ3n) is 10.4. The van der Waals surface area contributed by atoms with Crippen LogP contribution in [0.25, 0.3) is 0 Å². The molecule has 1 unspecified atom stereocenters. The van der Waals surface area contributed by atoms with Crippen LogP contribution in [0, 0.1) is 11.8 Å². The Morgan fingerprint density at radius 3 is 2.51 bits per heavy atom. The number of hydrogen-bond acceptors (Lipinski definition) is 6. The molecule has 3 N–H and O–H groups in total. The highest BCUT2D eigenvalue weighted by molar-refractivity contribution is 6.91. The molecule has 2 saturated heterocycles. The zero-order valence-corrected chi connectivity index (χ0v) is 27.7. The van der Waals surface area contributed by atoms with Gasteiger partial charge in [0.1, 0.15) is 5.75 Å². The van der Waals surface area contributed by atoms with Crippen molar-refractivity contribution in [2.75, 3.05) is 37.0 Å². The van der Waals surface area contributed by atoms with Crippen LogP contribution in [0.15, 0.2) is 72.8 Å². The van der Waals surface area contributed by atoms with Gasteiger partial charge in [-0.25, -0.2) is 0 Å². The maximum absolute atomic E-state index is 14.7. The van der Waals surface area contributed by atoms with E-state index in [4.69, 9.17) is 9.47 Å². The van der Waals surface area contributed by atoms with E-state index in [1.54, 1.807) is 7.11 Å². The number of nitrogens with one attached hydrogen (secondary N) is 2. The van der Waals surface area contributed by atoms with Crippen LogP contribution in [0.2, 0.25) is 18.6 Å². The molecule has 3 aliphatic rings. The van der Waals surface area contributed by atoms with Crippen LogP contribution in [0.4, 0.5) is 11.4 Å². The van der Waals surface area contributed by atoms with Crippen molar-refractivity contribution in [2.24, 2.45) is 11.8 Å². The summed E-state index contributed by atoms with van der Waals surface area (Å²) in [5.41, 5.74) is 2.46. The predicted molar refractivity (Wildman–Crippen MR) is 180 cm³/mol. The lowest BCUT2D eigenvalue weighted by molar-refractivity contribution is -0.146. The Labute approximate surface area is 267 Å². The van der Waals surface area contributed by atoms with Gasteiger partial charge in [-0.15, -0.1) is 0 Å². The largest absolute Gasteiger partial charge is 0.497 e. The van der Waals surface area contributed by atoms with Gasteiger partial charge in [0, 0.05) is 30.3 Å². The second-order valence-electron chi connectivity index (χ2n) is 13.3. The van der Waals surface area contributed by atoms with Crippen molar-refractivity contribution in [3.63, 3.8) is 0 Å². The van der Waals surface area contributed by atoms with Gasteiger partial charge in [-0.05, 0) is 67.2 Å². The molecule has 45 heavy (non-hydrogen) atoms. The summed E-state index contributed by atoms with van der Waals surface area (Å²) in [5, 5.41) is 17.7. The van der Waals surface area contributed by atoms with Crippen molar-refractivity contribution in [2.45, 2.75) is 63.1 Å². The number of aliphatic hydroxyl groups excluding tert-OH is 1. The molecule has 3 aromatic rings. The average Bonchev–Trinajstić information content (AvgIpc) is 3.49. The summed E-state index contributed by atoms with van der Waals surface area (Å²) < 4.78 is 12.4. The fourth-order valence-electron chi connectivity index (χ4n) is 8.02. The Bertz CT molecular complexity index is 1520. The van der Waals surface area contributed by atoms with Gasteiger partial charge in [0.2, 0.25) is 5.91 Å². The number of amides is 2. The molecular weight excluding hydrogens is 582 g/mol. The van der Waals surface area contributed by atoms with Gasteiger partial charge in [0.05, 0.1) is 39.4 Å². The topological polar surface area (TPSA) is 100 Å². The molecule has 0 aromatic heterocycles. The minimum atomic E-state index is -2.22. The quantitative estimate of drug-likeness (QED) is 0.296. The molecule has 238 valence electrons. The van der Waals surface area contributed by atoms with Crippen molar-refractivity contribution in [1.29, 1.82) is 0 Å². The summed E-state index contributed by atoms with van der Waals surface area (Å²) in [4.78, 5) is 29.3. The number of hydrogen-bond donors (Lipinski definition) is 3. The smallest absolute Gasteiger partial charge is 0.264 e. The standard InChI is InChI=1S/C36H45N3O5Si/c1-24-33(45(3,4)29-17-15-28(43-2)16-18-29)32(19-21-40)44-36(24)30-9-5-6-10-31(30)39(35(36)42)23-25-11-13-27(14-12-25)38-34(41)26-8-7-20-37-22-26/h5-6,9-18,24,26,32-33,37,40H,7-8,19-23H2,1-4H3,(H,38,41)/t24-,26?,32+,33-,36+/m1/s1. The van der Waals surface area contributed by atoms with Gasteiger partial charge in [-0.2, -0.15) is 0 Å². The van der Waals surface area contributed by atoms with Gasteiger partial charge in [-0.1, -0.05) is 67.7 Å². The fourth-order valence-corrected chi connectivity index (χ4v) is 12.1. The maximum Gasteiger partial charge on any atom is 0.264 e. The minimum Gasteiger partial charge on any atom is -0.497 e. The lowest BCUT2D eigenvalue weighted by Crippen LogP contribution is -2.51. The number of ether oxygens (including phenoxy) is 2. The second-order valence-corrected chi connectivity index (χ2v) is 18.0. The number of benzene rings is 3. The van der Waals surface area contributed by atoms with Crippen LogP contribution >= 0.6 is 0 Å². The summed E-state index contributed by atoms with van der Waals surface area (Å²) in [6.45, 7) is 8.92. The zero-order chi connectivity index (χ0) is 31.8. The van der Waals surface area contributed by atoms with Gasteiger partial charge in [0.15, 0.2) is 5.60 Å². The Morgan fingerprint density at radius 1 is 1.11 bits per heavy atom. The highest BCUT2D eigenvalue weighted by Crippen LogP contribution is 2.60. The van der Waals surface area contributed by atoms with Gasteiger partial charge in [-0.3, -0.25) is 9.59 Å². The zero-order valence-electron chi connectivity index (χ0n) is 26.7. The number of piperidine rings is 1. The monoisotopic (exact) mass is 627 g/mol. The van der Waals surface area contributed by atoms with Crippen molar-refractivity contribution in [1.82, 2.24) is 5.32 Å². The molecule has 3 aromatic carbocycles. The van der Waals surface area contributed by atoms with E-state index in [0.29, 0.717) is 19.5 Å². The van der Waals surface area contributed by atoms with Crippen LogP contribution in [-0.4, -0.2) is 57.9 Å².